The third-order valence-corrected chi connectivity index (χ3v) is 3.74. The van der Waals surface area contributed by atoms with E-state index in [2.05, 4.69) is 4.90 Å². The van der Waals surface area contributed by atoms with E-state index in [1.54, 1.807) is 0 Å². The van der Waals surface area contributed by atoms with E-state index in [9.17, 15) is 9.90 Å². The number of nitrogens with zero attached hydrogens (tertiary/aromatic N) is 1. The van der Waals surface area contributed by atoms with Crippen molar-refractivity contribution >= 4 is 5.97 Å². The summed E-state index contributed by atoms with van der Waals surface area (Å²) in [4.78, 5) is 13.5. The smallest absolute Gasteiger partial charge is 0.320 e. The molecule has 2 aliphatic rings. The number of carboxylic acids is 1. The molecule has 2 saturated heterocycles. The number of carboxylic acid groups (broad SMARTS) is 1. The first kappa shape index (κ1) is 11.9. The number of hydrogen-bond acceptors (Lipinski definition) is 3. The van der Waals surface area contributed by atoms with Crippen molar-refractivity contribution in [3.63, 3.8) is 0 Å². The Morgan fingerprint density at radius 3 is 2.56 bits per heavy atom. The molecule has 0 amide bonds. The highest BCUT2D eigenvalue weighted by Crippen LogP contribution is 2.24. The van der Waals surface area contributed by atoms with Crippen LogP contribution in [-0.4, -0.2) is 47.8 Å². The standard InChI is InChI=1S/C12H21NO3/c14-12(15)11-4-2-1-3-7-13(11)10-5-8-16-9-6-10/h10-11H,1-9H2,(H,14,15). The van der Waals surface area contributed by atoms with Gasteiger partial charge in [0.25, 0.3) is 0 Å². The maximum Gasteiger partial charge on any atom is 0.320 e. The van der Waals surface area contributed by atoms with Crippen molar-refractivity contribution in [2.75, 3.05) is 19.8 Å². The summed E-state index contributed by atoms with van der Waals surface area (Å²) in [5.74, 6) is -0.645. The van der Waals surface area contributed by atoms with Crippen LogP contribution >= 0.6 is 0 Å². The average Bonchev–Trinajstić information content (AvgIpc) is 2.55. The van der Waals surface area contributed by atoms with Crippen molar-refractivity contribution < 1.29 is 14.6 Å². The SMILES string of the molecule is O=C(O)C1CCCCCN1C1CCOCC1. The van der Waals surface area contributed by atoms with Gasteiger partial charge in [-0.15, -0.1) is 0 Å². The fraction of sp³-hybridized carbons (Fsp3) is 0.917. The Balaban J connectivity index is 2.03. The van der Waals surface area contributed by atoms with Crippen LogP contribution in [-0.2, 0) is 9.53 Å². The van der Waals surface area contributed by atoms with Crippen LogP contribution in [0.25, 0.3) is 0 Å². The van der Waals surface area contributed by atoms with Crippen LogP contribution in [0, 0.1) is 0 Å². The van der Waals surface area contributed by atoms with Crippen molar-refractivity contribution in [1.82, 2.24) is 4.90 Å². The fourth-order valence-electron chi connectivity index (χ4n) is 2.85. The van der Waals surface area contributed by atoms with E-state index in [-0.39, 0.29) is 6.04 Å². The van der Waals surface area contributed by atoms with Crippen LogP contribution in [0.2, 0.25) is 0 Å². The van der Waals surface area contributed by atoms with Gasteiger partial charge in [-0.05, 0) is 32.2 Å². The third-order valence-electron chi connectivity index (χ3n) is 3.74. The van der Waals surface area contributed by atoms with Gasteiger partial charge in [0.2, 0.25) is 0 Å². The van der Waals surface area contributed by atoms with Gasteiger partial charge in [-0.3, -0.25) is 9.69 Å². The van der Waals surface area contributed by atoms with Gasteiger partial charge in [0, 0.05) is 19.3 Å². The van der Waals surface area contributed by atoms with Crippen LogP contribution in [0.3, 0.4) is 0 Å². The van der Waals surface area contributed by atoms with Gasteiger partial charge < -0.3 is 9.84 Å². The molecule has 0 saturated carbocycles. The Kier molecular flexibility index (Phi) is 4.18. The quantitative estimate of drug-likeness (QED) is 0.776. The first-order valence-electron chi connectivity index (χ1n) is 6.35. The van der Waals surface area contributed by atoms with Gasteiger partial charge in [-0.25, -0.2) is 0 Å². The Bertz CT molecular complexity index is 238. The number of rotatable bonds is 2. The molecule has 2 rings (SSSR count). The minimum Gasteiger partial charge on any atom is -0.480 e. The molecule has 0 aromatic rings. The maximum absolute atomic E-state index is 11.3. The molecule has 1 N–H and O–H groups in total. The lowest BCUT2D eigenvalue weighted by Crippen LogP contribution is -2.49. The normalized spacial score (nSPS) is 29.9. The molecule has 0 aromatic carbocycles. The summed E-state index contributed by atoms with van der Waals surface area (Å²) in [6.07, 6.45) is 6.15. The van der Waals surface area contributed by atoms with Crippen LogP contribution in [0.15, 0.2) is 0 Å². The summed E-state index contributed by atoms with van der Waals surface area (Å²) in [7, 11) is 0. The van der Waals surface area contributed by atoms with E-state index < -0.39 is 5.97 Å². The highest BCUT2D eigenvalue weighted by Gasteiger charge is 2.32. The van der Waals surface area contributed by atoms with Gasteiger partial charge in [-0.1, -0.05) is 12.8 Å². The number of likely N-dealkylation sites (tertiary alicyclic amines) is 1. The first-order chi connectivity index (χ1) is 7.79. The van der Waals surface area contributed by atoms with E-state index in [4.69, 9.17) is 4.74 Å². The van der Waals surface area contributed by atoms with E-state index in [0.29, 0.717) is 6.04 Å². The molecule has 2 heterocycles. The molecule has 0 aliphatic carbocycles. The number of ether oxygens (including phenoxy) is 1. The summed E-state index contributed by atoms with van der Waals surface area (Å²) >= 11 is 0. The van der Waals surface area contributed by atoms with E-state index in [1.165, 1.54) is 6.42 Å². The van der Waals surface area contributed by atoms with Crippen LogP contribution in [0.5, 0.6) is 0 Å². The topological polar surface area (TPSA) is 49.8 Å². The highest BCUT2D eigenvalue weighted by molar-refractivity contribution is 5.73. The zero-order chi connectivity index (χ0) is 11.4. The first-order valence-corrected chi connectivity index (χ1v) is 6.35. The van der Waals surface area contributed by atoms with Crippen LogP contribution < -0.4 is 0 Å². The van der Waals surface area contributed by atoms with Crippen molar-refractivity contribution in [1.29, 1.82) is 0 Å². The zero-order valence-corrected chi connectivity index (χ0v) is 9.73. The summed E-state index contributed by atoms with van der Waals surface area (Å²) in [6, 6.07) is 0.165. The lowest BCUT2D eigenvalue weighted by molar-refractivity contribution is -0.145. The number of carbonyl (C=O) groups is 1. The highest BCUT2D eigenvalue weighted by atomic mass is 16.5. The van der Waals surface area contributed by atoms with Crippen molar-refractivity contribution in [2.45, 2.75) is 50.6 Å². The summed E-state index contributed by atoms with van der Waals surface area (Å²) in [6.45, 7) is 2.52. The molecule has 0 aromatic heterocycles. The molecule has 0 spiro atoms. The van der Waals surface area contributed by atoms with Crippen molar-refractivity contribution in [3.05, 3.63) is 0 Å². The molecule has 4 heteroatoms. The van der Waals surface area contributed by atoms with Gasteiger partial charge in [-0.2, -0.15) is 0 Å². The second-order valence-electron chi connectivity index (χ2n) is 4.78. The molecule has 16 heavy (non-hydrogen) atoms. The van der Waals surface area contributed by atoms with Crippen molar-refractivity contribution in [3.8, 4) is 0 Å². The summed E-state index contributed by atoms with van der Waals surface area (Å²) in [5, 5.41) is 9.29. The molecular formula is C12H21NO3. The Labute approximate surface area is 96.6 Å². The second-order valence-corrected chi connectivity index (χ2v) is 4.78. The van der Waals surface area contributed by atoms with E-state index in [0.717, 1.165) is 51.9 Å². The fourth-order valence-corrected chi connectivity index (χ4v) is 2.85. The lowest BCUT2D eigenvalue weighted by Gasteiger charge is -2.37. The molecule has 4 nitrogen and oxygen atoms in total. The molecule has 1 atom stereocenters. The van der Waals surface area contributed by atoms with Gasteiger partial charge in [0.15, 0.2) is 0 Å². The van der Waals surface area contributed by atoms with Crippen molar-refractivity contribution in [2.24, 2.45) is 0 Å². The average molecular weight is 227 g/mol. The summed E-state index contributed by atoms with van der Waals surface area (Å²) < 4.78 is 5.34. The predicted octanol–water partition coefficient (Wildman–Crippen LogP) is 1.49. The number of hydrogen-bond donors (Lipinski definition) is 1. The molecule has 2 fully saturated rings. The van der Waals surface area contributed by atoms with Crippen LogP contribution in [0.4, 0.5) is 0 Å². The monoisotopic (exact) mass is 227 g/mol. The predicted molar refractivity (Wildman–Crippen MR) is 60.4 cm³/mol. The van der Waals surface area contributed by atoms with Gasteiger partial charge >= 0.3 is 5.97 Å². The maximum atomic E-state index is 11.3. The molecule has 0 bridgehead atoms. The zero-order valence-electron chi connectivity index (χ0n) is 9.73. The van der Waals surface area contributed by atoms with E-state index >= 15 is 0 Å². The van der Waals surface area contributed by atoms with Crippen LogP contribution in [0.1, 0.15) is 38.5 Å². The number of aliphatic carboxylic acids is 1. The third kappa shape index (κ3) is 2.74. The molecular weight excluding hydrogens is 206 g/mol. The summed E-state index contributed by atoms with van der Waals surface area (Å²) in [5.41, 5.74) is 0. The Morgan fingerprint density at radius 1 is 1.12 bits per heavy atom. The second kappa shape index (κ2) is 5.64. The largest absolute Gasteiger partial charge is 0.480 e. The minimum atomic E-state index is -0.645. The molecule has 1 unspecified atom stereocenters. The Morgan fingerprint density at radius 2 is 1.88 bits per heavy atom. The van der Waals surface area contributed by atoms with E-state index in [1.807, 2.05) is 0 Å². The molecule has 2 aliphatic heterocycles. The minimum absolute atomic E-state index is 0.259. The molecule has 92 valence electrons. The molecule has 0 radical (unpaired) electrons. The Hall–Kier alpha value is -0.610. The van der Waals surface area contributed by atoms with Gasteiger partial charge in [0.1, 0.15) is 6.04 Å². The van der Waals surface area contributed by atoms with Gasteiger partial charge in [0.05, 0.1) is 0 Å². The lowest BCUT2D eigenvalue weighted by atomic mass is 10.0.